The summed E-state index contributed by atoms with van der Waals surface area (Å²) >= 11 is 0. The van der Waals surface area contributed by atoms with Crippen LogP contribution in [0.3, 0.4) is 0 Å². The predicted octanol–water partition coefficient (Wildman–Crippen LogP) is 2.15. The minimum absolute atomic E-state index is 0.625. The Balaban J connectivity index is 3.51. The van der Waals surface area contributed by atoms with Crippen LogP contribution in [0.25, 0.3) is 0 Å². The van der Waals surface area contributed by atoms with Crippen LogP contribution in [-0.4, -0.2) is 30.7 Å². The van der Waals surface area contributed by atoms with Crippen molar-refractivity contribution in [1.29, 1.82) is 0 Å². The van der Waals surface area contributed by atoms with Crippen molar-refractivity contribution in [3.05, 3.63) is 12.7 Å². The molecule has 0 aliphatic carbocycles. The molecule has 4 heteroatoms. The molecule has 0 bridgehead atoms. The minimum Gasteiger partial charge on any atom is -0.380 e. The molecule has 0 aliphatic rings. The highest BCUT2D eigenvalue weighted by molar-refractivity contribution is 5.98. The van der Waals surface area contributed by atoms with Crippen molar-refractivity contribution in [2.45, 2.75) is 50.9 Å². The maximum absolute atomic E-state index is 5.36. The summed E-state index contributed by atoms with van der Waals surface area (Å²) in [4.78, 5) is 0. The fourth-order valence-corrected chi connectivity index (χ4v) is 2.25. The highest BCUT2D eigenvalue weighted by atomic mass is 28.2. The molecular formula is C12H26O3Si. The Morgan fingerprint density at radius 2 is 1.62 bits per heavy atom. The summed E-state index contributed by atoms with van der Waals surface area (Å²) in [5.74, 6) is -0.784. The zero-order valence-electron chi connectivity index (χ0n) is 11.0. The average Bonchev–Trinajstić information content (AvgIpc) is 2.34. The first kappa shape index (κ1) is 15.8. The van der Waals surface area contributed by atoms with Gasteiger partial charge in [0, 0.05) is 20.6 Å². The maximum Gasteiger partial charge on any atom is 0.272 e. The molecule has 0 N–H and O–H groups in total. The molecule has 0 saturated heterocycles. The second kappa shape index (κ2) is 10.0. The van der Waals surface area contributed by atoms with Crippen molar-refractivity contribution < 1.29 is 13.9 Å². The van der Waals surface area contributed by atoms with Crippen molar-refractivity contribution in [2.75, 3.05) is 14.2 Å². The predicted molar refractivity (Wildman–Crippen MR) is 70.3 cm³/mol. The summed E-state index contributed by atoms with van der Waals surface area (Å²) in [6.07, 6.45) is 10.00. The summed E-state index contributed by atoms with van der Waals surface area (Å²) in [5.41, 5.74) is 0. The SMILES string of the molecule is C=CCCCCCCCC(OC)(OC)O[SiH3]. The fraction of sp³-hybridized carbons (Fsp3) is 0.833. The van der Waals surface area contributed by atoms with Gasteiger partial charge in [-0.25, -0.2) is 0 Å². The molecule has 16 heavy (non-hydrogen) atoms. The van der Waals surface area contributed by atoms with Gasteiger partial charge in [0.2, 0.25) is 0 Å². The third-order valence-corrected chi connectivity index (χ3v) is 3.45. The molecular weight excluding hydrogens is 220 g/mol. The van der Waals surface area contributed by atoms with Gasteiger partial charge in [0.1, 0.15) is 0 Å². The lowest BCUT2D eigenvalue weighted by atomic mass is 10.1. The third kappa shape index (κ3) is 6.43. The van der Waals surface area contributed by atoms with Gasteiger partial charge in [0.05, 0.1) is 0 Å². The van der Waals surface area contributed by atoms with Crippen LogP contribution in [0.2, 0.25) is 0 Å². The van der Waals surface area contributed by atoms with Crippen LogP contribution in [0.4, 0.5) is 0 Å². The molecule has 96 valence electrons. The first-order chi connectivity index (χ1) is 7.74. The first-order valence-electron chi connectivity index (χ1n) is 6.01. The quantitative estimate of drug-likeness (QED) is 0.242. The van der Waals surface area contributed by atoms with Gasteiger partial charge >= 0.3 is 0 Å². The van der Waals surface area contributed by atoms with Crippen molar-refractivity contribution in [3.8, 4) is 0 Å². The smallest absolute Gasteiger partial charge is 0.272 e. The van der Waals surface area contributed by atoms with E-state index in [9.17, 15) is 0 Å². The lowest BCUT2D eigenvalue weighted by Crippen LogP contribution is -2.36. The highest BCUT2D eigenvalue weighted by Crippen LogP contribution is 2.21. The maximum atomic E-state index is 5.36. The van der Waals surface area contributed by atoms with E-state index in [1.165, 1.54) is 25.7 Å². The van der Waals surface area contributed by atoms with Gasteiger partial charge in [0.25, 0.3) is 5.97 Å². The van der Waals surface area contributed by atoms with Crippen LogP contribution in [0, 0.1) is 0 Å². The van der Waals surface area contributed by atoms with Crippen LogP contribution in [-0.2, 0) is 13.9 Å². The second-order valence-electron chi connectivity index (χ2n) is 3.89. The third-order valence-electron chi connectivity index (χ3n) is 2.82. The molecule has 0 atom stereocenters. The largest absolute Gasteiger partial charge is 0.380 e. The Kier molecular flexibility index (Phi) is 9.92. The molecule has 0 aromatic heterocycles. The number of methoxy groups -OCH3 is 2. The molecule has 0 radical (unpaired) electrons. The molecule has 0 aromatic rings. The van der Waals surface area contributed by atoms with Crippen molar-refractivity contribution in [1.82, 2.24) is 0 Å². The molecule has 3 nitrogen and oxygen atoms in total. The van der Waals surface area contributed by atoms with E-state index in [-0.39, 0.29) is 0 Å². The van der Waals surface area contributed by atoms with Gasteiger partial charge in [-0.2, -0.15) is 0 Å². The van der Waals surface area contributed by atoms with Crippen LogP contribution < -0.4 is 0 Å². The number of allylic oxidation sites excluding steroid dienone is 1. The first-order valence-corrected chi connectivity index (χ1v) is 6.82. The Bertz CT molecular complexity index is 161. The number of hydrogen-bond acceptors (Lipinski definition) is 3. The minimum atomic E-state index is -0.784. The number of rotatable bonds is 11. The van der Waals surface area contributed by atoms with E-state index >= 15 is 0 Å². The lowest BCUT2D eigenvalue weighted by molar-refractivity contribution is -0.325. The standard InChI is InChI=1S/C12H26O3Si/c1-4-5-6-7-8-9-10-11-12(13-2,14-3)15-16/h4H,1,5-11H2,2-3,16H3. The van der Waals surface area contributed by atoms with E-state index in [0.717, 1.165) is 19.3 Å². The van der Waals surface area contributed by atoms with E-state index in [0.29, 0.717) is 10.5 Å². The van der Waals surface area contributed by atoms with Gasteiger partial charge in [-0.3, -0.25) is 0 Å². The van der Waals surface area contributed by atoms with E-state index in [2.05, 4.69) is 6.58 Å². The molecule has 0 saturated carbocycles. The summed E-state index contributed by atoms with van der Waals surface area (Å²) < 4.78 is 15.9. The lowest BCUT2D eigenvalue weighted by Gasteiger charge is -2.29. The normalized spacial score (nSPS) is 11.9. The highest BCUT2D eigenvalue weighted by Gasteiger charge is 2.27. The second-order valence-corrected chi connectivity index (χ2v) is 4.30. The Morgan fingerprint density at radius 1 is 1.06 bits per heavy atom. The molecule has 0 aliphatic heterocycles. The summed E-state index contributed by atoms with van der Waals surface area (Å²) in [6.45, 7) is 3.71. The summed E-state index contributed by atoms with van der Waals surface area (Å²) in [5, 5.41) is 0. The van der Waals surface area contributed by atoms with Crippen molar-refractivity contribution in [2.24, 2.45) is 0 Å². The van der Waals surface area contributed by atoms with Gasteiger partial charge in [-0.1, -0.05) is 25.3 Å². The number of ether oxygens (including phenoxy) is 2. The topological polar surface area (TPSA) is 27.7 Å². The summed E-state index contributed by atoms with van der Waals surface area (Å²) in [6, 6.07) is 0. The van der Waals surface area contributed by atoms with Gasteiger partial charge in [-0.05, 0) is 19.3 Å². The summed E-state index contributed by atoms with van der Waals surface area (Å²) in [7, 11) is 3.89. The van der Waals surface area contributed by atoms with Gasteiger partial charge < -0.3 is 13.9 Å². The van der Waals surface area contributed by atoms with Crippen molar-refractivity contribution >= 4 is 10.5 Å². The molecule has 0 rings (SSSR count). The zero-order valence-corrected chi connectivity index (χ0v) is 13.0. The Morgan fingerprint density at radius 3 is 2.12 bits per heavy atom. The van der Waals surface area contributed by atoms with Gasteiger partial charge in [-0.15, -0.1) is 6.58 Å². The fourth-order valence-electron chi connectivity index (χ4n) is 1.72. The van der Waals surface area contributed by atoms with E-state index in [1.54, 1.807) is 14.2 Å². The van der Waals surface area contributed by atoms with Crippen LogP contribution in [0.5, 0.6) is 0 Å². The van der Waals surface area contributed by atoms with E-state index in [1.807, 2.05) is 6.08 Å². The monoisotopic (exact) mass is 246 g/mol. The molecule has 0 aromatic carbocycles. The molecule has 0 unspecified atom stereocenters. The van der Waals surface area contributed by atoms with Crippen molar-refractivity contribution in [3.63, 3.8) is 0 Å². The zero-order chi connectivity index (χ0) is 12.3. The number of hydrogen-bond donors (Lipinski definition) is 0. The van der Waals surface area contributed by atoms with E-state index in [4.69, 9.17) is 13.9 Å². The molecule has 0 fully saturated rings. The molecule has 0 heterocycles. The Labute approximate surface area is 103 Å². The van der Waals surface area contributed by atoms with Crippen LogP contribution in [0.15, 0.2) is 12.7 Å². The average molecular weight is 246 g/mol. The molecule has 0 amide bonds. The van der Waals surface area contributed by atoms with Crippen LogP contribution >= 0.6 is 0 Å². The Hall–Kier alpha value is -0.163. The molecule has 0 spiro atoms. The number of unbranched alkanes of at least 4 members (excludes halogenated alkanes) is 5. The van der Waals surface area contributed by atoms with Gasteiger partial charge in [0.15, 0.2) is 10.5 Å². The van der Waals surface area contributed by atoms with Crippen LogP contribution in [0.1, 0.15) is 44.9 Å². The van der Waals surface area contributed by atoms with E-state index < -0.39 is 5.97 Å².